The molecule has 0 spiro atoms. The standard InChI is InChI=1S/C6H5IO7S/c8-3-1-4(9)6(7(10)11)5(2-3)15(12,13)14/h1-2,8-9H,(H,12,13,14). The Morgan fingerprint density at radius 2 is 1.67 bits per heavy atom. The topological polar surface area (TPSA) is 129 Å². The predicted octanol–water partition coefficient (Wildman–Crippen LogP) is 0.711. The molecule has 7 nitrogen and oxygen atoms in total. The van der Waals surface area contributed by atoms with Gasteiger partial charge < -0.3 is 10.2 Å². The van der Waals surface area contributed by atoms with Crippen LogP contribution in [0, 0.1) is 3.57 Å². The Bertz CT molecular complexity index is 563. The van der Waals surface area contributed by atoms with Crippen LogP contribution in [0.1, 0.15) is 0 Å². The Morgan fingerprint density at radius 3 is 2.07 bits per heavy atom. The van der Waals surface area contributed by atoms with Gasteiger partial charge >= 0.3 is 19.8 Å². The zero-order valence-electron chi connectivity index (χ0n) is 6.92. The average Bonchev–Trinajstić information content (AvgIpc) is 1.99. The largest absolute Gasteiger partial charge is 0.508 e. The van der Waals surface area contributed by atoms with E-state index >= 15 is 0 Å². The highest BCUT2D eigenvalue weighted by Crippen LogP contribution is 2.36. The molecule has 0 aliphatic carbocycles. The van der Waals surface area contributed by atoms with Crippen molar-refractivity contribution in [1.29, 1.82) is 0 Å². The summed E-state index contributed by atoms with van der Waals surface area (Å²) in [5.74, 6) is -1.57. The quantitative estimate of drug-likeness (QED) is 0.530. The maximum absolute atomic E-state index is 10.7. The molecule has 0 saturated carbocycles. The first-order chi connectivity index (χ1) is 6.73. The maximum atomic E-state index is 10.7. The van der Waals surface area contributed by atoms with E-state index in [4.69, 9.17) is 14.8 Å². The van der Waals surface area contributed by atoms with Crippen molar-refractivity contribution in [2.45, 2.75) is 4.90 Å². The summed E-state index contributed by atoms with van der Waals surface area (Å²) in [6.45, 7) is 0. The van der Waals surface area contributed by atoms with Gasteiger partial charge in [-0.1, -0.05) is 0 Å². The molecular weight excluding hydrogens is 343 g/mol. The van der Waals surface area contributed by atoms with Crippen LogP contribution in [0.25, 0.3) is 0 Å². The summed E-state index contributed by atoms with van der Waals surface area (Å²) in [5.41, 5.74) is 0. The molecule has 1 rings (SSSR count). The van der Waals surface area contributed by atoms with Crippen molar-refractivity contribution in [3.05, 3.63) is 15.7 Å². The first-order valence-corrected chi connectivity index (χ1v) is 7.60. The third-order valence-corrected chi connectivity index (χ3v) is 4.70. The number of phenols is 2. The molecule has 0 amide bonds. The number of hydrogen-bond donors (Lipinski definition) is 3. The second kappa shape index (κ2) is 3.90. The van der Waals surface area contributed by atoms with E-state index in [1.807, 2.05) is 0 Å². The molecule has 0 bridgehead atoms. The van der Waals surface area contributed by atoms with Crippen molar-refractivity contribution in [2.75, 3.05) is 0 Å². The number of halogens is 1. The first-order valence-electron chi connectivity index (χ1n) is 3.32. The highest BCUT2D eigenvalue weighted by atomic mass is 127. The molecule has 0 heterocycles. The van der Waals surface area contributed by atoms with Gasteiger partial charge in [0.05, 0.1) is 0 Å². The third-order valence-electron chi connectivity index (χ3n) is 1.44. The first kappa shape index (κ1) is 12.1. The van der Waals surface area contributed by atoms with Crippen LogP contribution >= 0.6 is 19.8 Å². The molecule has 0 fully saturated rings. The van der Waals surface area contributed by atoms with E-state index in [-0.39, 0.29) is 0 Å². The van der Waals surface area contributed by atoms with E-state index in [9.17, 15) is 14.6 Å². The van der Waals surface area contributed by atoms with Crippen LogP contribution in [0.2, 0.25) is 0 Å². The average molecular weight is 348 g/mol. The summed E-state index contributed by atoms with van der Waals surface area (Å²) < 4.78 is 50.7. The summed E-state index contributed by atoms with van der Waals surface area (Å²) in [4.78, 5) is -1.02. The molecule has 9 heteroatoms. The molecule has 0 unspecified atom stereocenters. The molecule has 1 aromatic carbocycles. The van der Waals surface area contributed by atoms with Crippen molar-refractivity contribution < 1.29 is 29.3 Å². The fraction of sp³-hybridized carbons (Fsp3) is 0. The normalized spacial score (nSPS) is 11.9. The molecule has 84 valence electrons. The van der Waals surface area contributed by atoms with Gasteiger partial charge in [-0.3, -0.25) is 4.55 Å². The predicted molar refractivity (Wildman–Crippen MR) is 53.7 cm³/mol. The fourth-order valence-corrected chi connectivity index (χ4v) is 3.97. The molecule has 0 aliphatic heterocycles. The monoisotopic (exact) mass is 348 g/mol. The Balaban J connectivity index is 3.78. The zero-order valence-corrected chi connectivity index (χ0v) is 9.89. The highest BCUT2D eigenvalue weighted by molar-refractivity contribution is 14.2. The maximum Gasteiger partial charge on any atom is 0.346 e. The summed E-state index contributed by atoms with van der Waals surface area (Å²) in [7, 11) is -4.80. The van der Waals surface area contributed by atoms with Gasteiger partial charge in [-0.25, -0.2) is 6.14 Å². The summed E-state index contributed by atoms with van der Waals surface area (Å²) >= 11 is -4.30. The van der Waals surface area contributed by atoms with Crippen LogP contribution in [0.5, 0.6) is 11.5 Å². The molecule has 0 aliphatic rings. The van der Waals surface area contributed by atoms with E-state index < -0.39 is 49.9 Å². The van der Waals surface area contributed by atoms with Crippen LogP contribution in [-0.2, 0) is 16.3 Å². The van der Waals surface area contributed by atoms with Crippen molar-refractivity contribution >= 4 is 29.9 Å². The Morgan fingerprint density at radius 1 is 1.13 bits per heavy atom. The summed E-state index contributed by atoms with van der Waals surface area (Å²) in [5, 5.41) is 18.1. The lowest BCUT2D eigenvalue weighted by Crippen LogP contribution is -2.01. The number of hydrogen-bond acceptors (Lipinski definition) is 6. The van der Waals surface area contributed by atoms with Crippen LogP contribution in [0.3, 0.4) is 0 Å². The molecule has 0 aromatic heterocycles. The SMILES string of the molecule is O=I(=O)c1c(O)cc(O)cc1S(=O)(=O)O. The number of aromatic hydroxyl groups is 2. The van der Waals surface area contributed by atoms with Gasteiger partial charge in [0.2, 0.25) is 0 Å². The van der Waals surface area contributed by atoms with Crippen LogP contribution in [-0.4, -0.2) is 23.2 Å². The molecule has 0 saturated heterocycles. The van der Waals surface area contributed by atoms with E-state index in [0.717, 1.165) is 0 Å². The van der Waals surface area contributed by atoms with E-state index in [1.54, 1.807) is 0 Å². The minimum atomic E-state index is -4.80. The lowest BCUT2D eigenvalue weighted by molar-refractivity contribution is 0.439. The fourth-order valence-electron chi connectivity index (χ4n) is 0.912. The van der Waals surface area contributed by atoms with Gasteiger partial charge in [-0.15, -0.1) is 0 Å². The number of rotatable bonds is 2. The number of benzene rings is 1. The van der Waals surface area contributed by atoms with Gasteiger partial charge in [0, 0.05) is 12.1 Å². The Hall–Kier alpha value is -0.940. The second-order valence-corrected chi connectivity index (χ2v) is 6.18. The molecule has 3 N–H and O–H groups in total. The minimum Gasteiger partial charge on any atom is -0.508 e. The third kappa shape index (κ3) is 2.54. The summed E-state index contributed by atoms with van der Waals surface area (Å²) in [6.07, 6.45) is 0. The summed E-state index contributed by atoms with van der Waals surface area (Å²) in [6, 6.07) is 1.22. The van der Waals surface area contributed by atoms with E-state index in [1.165, 1.54) is 0 Å². The molecule has 0 atom stereocenters. The molecule has 0 radical (unpaired) electrons. The van der Waals surface area contributed by atoms with Crippen molar-refractivity contribution in [1.82, 2.24) is 0 Å². The van der Waals surface area contributed by atoms with E-state index in [0.29, 0.717) is 12.1 Å². The molecule has 15 heavy (non-hydrogen) atoms. The van der Waals surface area contributed by atoms with E-state index in [2.05, 4.69) is 0 Å². The van der Waals surface area contributed by atoms with Gasteiger partial charge in [0.15, 0.2) is 0 Å². The zero-order chi connectivity index (χ0) is 11.8. The second-order valence-electron chi connectivity index (χ2n) is 2.47. The van der Waals surface area contributed by atoms with Gasteiger partial charge in [0.1, 0.15) is 20.0 Å². The van der Waals surface area contributed by atoms with Crippen LogP contribution in [0.15, 0.2) is 17.0 Å². The lowest BCUT2D eigenvalue weighted by atomic mass is 10.3. The lowest BCUT2D eigenvalue weighted by Gasteiger charge is -2.03. The molecular formula is C6H5IO7S. The van der Waals surface area contributed by atoms with Crippen LogP contribution in [0.4, 0.5) is 0 Å². The highest BCUT2D eigenvalue weighted by Gasteiger charge is 2.23. The van der Waals surface area contributed by atoms with Gasteiger partial charge in [-0.05, 0) is 0 Å². The van der Waals surface area contributed by atoms with Crippen molar-refractivity contribution in [3.63, 3.8) is 0 Å². The van der Waals surface area contributed by atoms with Crippen molar-refractivity contribution in [3.8, 4) is 11.5 Å². The van der Waals surface area contributed by atoms with Crippen LogP contribution < -0.4 is 0 Å². The Labute approximate surface area is 91.3 Å². The minimum absolute atomic E-state index is 0.546. The Kier molecular flexibility index (Phi) is 3.16. The smallest absolute Gasteiger partial charge is 0.346 e. The van der Waals surface area contributed by atoms with Gasteiger partial charge in [-0.2, -0.15) is 8.42 Å². The molecule has 1 aromatic rings. The number of phenolic OH excluding ortho intramolecular Hbond substituents is 2. The van der Waals surface area contributed by atoms with Gasteiger partial charge in [0.25, 0.3) is 10.1 Å². The van der Waals surface area contributed by atoms with Crippen molar-refractivity contribution in [2.24, 2.45) is 0 Å².